The third-order valence-electron chi connectivity index (χ3n) is 6.74. The van der Waals surface area contributed by atoms with E-state index >= 15 is 0 Å². The minimum Gasteiger partial charge on any atom is -0.478 e. The number of rotatable bonds is 9. The number of para-hydroxylation sites is 1. The highest BCUT2D eigenvalue weighted by Crippen LogP contribution is 2.33. The monoisotopic (exact) mass is 519 g/mol. The van der Waals surface area contributed by atoms with Gasteiger partial charge in [0.05, 0.1) is 29.5 Å². The van der Waals surface area contributed by atoms with Crippen LogP contribution < -0.4 is 16.4 Å². The number of amides is 1. The van der Waals surface area contributed by atoms with Crippen LogP contribution in [0, 0.1) is 6.92 Å². The van der Waals surface area contributed by atoms with Gasteiger partial charge in [0.15, 0.2) is 0 Å². The molecule has 1 fully saturated rings. The molecule has 3 heterocycles. The maximum Gasteiger partial charge on any atom is 0.241 e. The molecule has 5 N–H and O–H groups in total. The Morgan fingerprint density at radius 3 is 2.76 bits per heavy atom. The Morgan fingerprint density at radius 1 is 1.29 bits per heavy atom. The molecule has 11 heteroatoms. The molecule has 0 saturated carbocycles. The van der Waals surface area contributed by atoms with E-state index < -0.39 is 0 Å². The van der Waals surface area contributed by atoms with Gasteiger partial charge in [-0.3, -0.25) is 14.7 Å². The lowest BCUT2D eigenvalue weighted by molar-refractivity contribution is -0.121. The van der Waals surface area contributed by atoms with Gasteiger partial charge in [0.2, 0.25) is 17.7 Å². The van der Waals surface area contributed by atoms with Gasteiger partial charge in [-0.15, -0.1) is 0 Å². The van der Waals surface area contributed by atoms with E-state index in [2.05, 4.69) is 42.4 Å². The van der Waals surface area contributed by atoms with Gasteiger partial charge in [0.25, 0.3) is 0 Å². The number of aliphatic imine (C=N–C) groups is 1. The molecule has 0 radical (unpaired) electrons. The number of nitrogens with one attached hydrogen (secondary N) is 3. The summed E-state index contributed by atoms with van der Waals surface area (Å²) in [4.78, 5) is 34.2. The van der Waals surface area contributed by atoms with E-state index in [1.807, 2.05) is 45.2 Å². The molecule has 38 heavy (non-hydrogen) atoms. The highest BCUT2D eigenvalue weighted by Gasteiger charge is 2.25. The lowest BCUT2D eigenvalue weighted by Crippen LogP contribution is -2.51. The Kier molecular flexibility index (Phi) is 8.59. The first kappa shape index (κ1) is 27.1. The molecule has 4 rings (SSSR count). The minimum absolute atomic E-state index is 0.0216. The second-order valence-corrected chi connectivity index (χ2v) is 9.38. The number of allylic oxidation sites excluding steroid dienone is 1. The third-order valence-corrected chi connectivity index (χ3v) is 6.74. The van der Waals surface area contributed by atoms with Crippen molar-refractivity contribution in [3.63, 3.8) is 0 Å². The third kappa shape index (κ3) is 5.95. The molecule has 1 aliphatic rings. The Hall–Kier alpha value is -3.96. The van der Waals surface area contributed by atoms with Crippen LogP contribution in [0.25, 0.3) is 22.2 Å². The molecule has 0 bridgehead atoms. The molecule has 202 valence electrons. The summed E-state index contributed by atoms with van der Waals surface area (Å²) in [6.07, 6.45) is 5.23. The number of aromatic amines is 1. The number of piperazine rings is 1. The van der Waals surface area contributed by atoms with Crippen LogP contribution in [0.2, 0.25) is 0 Å². The number of likely N-dealkylation sites (N-methyl/N-ethyl adjacent to an activating group) is 1. The number of hydrogen-bond donors (Lipinski definition) is 4. The minimum atomic E-state index is -0.218. The number of hydrogen-bond acceptors (Lipinski definition) is 9. The van der Waals surface area contributed by atoms with E-state index in [1.165, 1.54) is 0 Å². The fourth-order valence-corrected chi connectivity index (χ4v) is 4.48. The normalized spacial score (nSPS) is 16.4. The summed E-state index contributed by atoms with van der Waals surface area (Å²) in [5, 5.41) is 7.19. The highest BCUT2D eigenvalue weighted by molar-refractivity contribution is 6.06. The van der Waals surface area contributed by atoms with Crippen molar-refractivity contribution in [3.8, 4) is 11.3 Å². The van der Waals surface area contributed by atoms with Gasteiger partial charge >= 0.3 is 0 Å². The van der Waals surface area contributed by atoms with Gasteiger partial charge in [-0.1, -0.05) is 12.1 Å². The molecule has 1 amide bonds. The van der Waals surface area contributed by atoms with Gasteiger partial charge in [-0.25, -0.2) is 9.97 Å². The first-order chi connectivity index (χ1) is 18.3. The molecule has 0 aliphatic carbocycles. The Balaban J connectivity index is 1.60. The van der Waals surface area contributed by atoms with Crippen molar-refractivity contribution < 1.29 is 9.53 Å². The average molecular weight is 520 g/mol. The summed E-state index contributed by atoms with van der Waals surface area (Å²) in [5.41, 5.74) is 10.6. The standard InChI is InChI=1S/C27H37N9O2/c1-6-38-25(28)22(16-29-4)33-27-31-14-17(2)23(34-27)20-15-30-24-19(20)8-7-9-21(24)32-26(37)18(3)36-12-10-35(5)11-13-36/h7-9,14-16,18,30H,6,10-13,28H2,1-5H3,(H,32,37)(H,31,33,34). The second-order valence-electron chi connectivity index (χ2n) is 9.38. The second kappa shape index (κ2) is 12.1. The zero-order valence-electron chi connectivity index (χ0n) is 22.7. The fourth-order valence-electron chi connectivity index (χ4n) is 4.48. The van der Waals surface area contributed by atoms with Crippen LogP contribution in [0.4, 0.5) is 11.6 Å². The predicted molar refractivity (Wildman–Crippen MR) is 152 cm³/mol. The number of anilines is 2. The van der Waals surface area contributed by atoms with Crippen molar-refractivity contribution in [3.05, 3.63) is 47.7 Å². The SMILES string of the molecule is CCOC(N)=C(C=NC)Nc1ncc(C)c(-c2c[nH]c3c(NC(=O)C(C)N4CCN(C)CC4)cccc23)n1. The fraction of sp³-hybridized carbons (Fsp3) is 0.407. The summed E-state index contributed by atoms with van der Waals surface area (Å²) in [7, 11) is 3.76. The number of ether oxygens (including phenoxy) is 1. The molecule has 1 unspecified atom stereocenters. The number of aryl methyl sites for hydroxylation is 1. The Morgan fingerprint density at radius 2 is 2.05 bits per heavy atom. The van der Waals surface area contributed by atoms with E-state index in [9.17, 15) is 4.79 Å². The molecule has 11 nitrogen and oxygen atoms in total. The van der Waals surface area contributed by atoms with Crippen molar-refractivity contribution in [1.29, 1.82) is 0 Å². The largest absolute Gasteiger partial charge is 0.478 e. The quantitative estimate of drug-likeness (QED) is 0.250. The number of H-pyrrole nitrogens is 1. The number of fused-ring (bicyclic) bond motifs is 1. The van der Waals surface area contributed by atoms with Crippen molar-refractivity contribution in [2.24, 2.45) is 10.7 Å². The molecule has 1 aliphatic heterocycles. The van der Waals surface area contributed by atoms with Crippen molar-refractivity contribution in [2.75, 3.05) is 57.5 Å². The summed E-state index contributed by atoms with van der Waals surface area (Å²) >= 11 is 0. The van der Waals surface area contributed by atoms with Gasteiger partial charge < -0.3 is 31.0 Å². The molecule has 1 aromatic carbocycles. The number of carbonyl (C=O) groups excluding carboxylic acids is 1. The molecule has 2 aromatic heterocycles. The van der Waals surface area contributed by atoms with Gasteiger partial charge in [0.1, 0.15) is 5.70 Å². The Bertz CT molecular complexity index is 1340. The average Bonchev–Trinajstić information content (AvgIpc) is 3.34. The maximum atomic E-state index is 13.1. The highest BCUT2D eigenvalue weighted by atomic mass is 16.5. The number of benzene rings is 1. The summed E-state index contributed by atoms with van der Waals surface area (Å²) < 4.78 is 5.42. The smallest absolute Gasteiger partial charge is 0.241 e. The summed E-state index contributed by atoms with van der Waals surface area (Å²) in [6.45, 7) is 9.88. The van der Waals surface area contributed by atoms with Crippen LogP contribution in [0.15, 0.2) is 47.2 Å². The molecule has 3 aromatic rings. The van der Waals surface area contributed by atoms with Crippen LogP contribution in [0.1, 0.15) is 19.4 Å². The van der Waals surface area contributed by atoms with Crippen LogP contribution in [0.3, 0.4) is 0 Å². The number of aromatic nitrogens is 3. The van der Waals surface area contributed by atoms with Gasteiger partial charge in [0, 0.05) is 62.8 Å². The number of nitrogens with two attached hydrogens (primary N) is 1. The molecule has 1 saturated heterocycles. The Labute approximate surface area is 223 Å². The van der Waals surface area contributed by atoms with E-state index in [-0.39, 0.29) is 17.8 Å². The zero-order chi connectivity index (χ0) is 27.2. The summed E-state index contributed by atoms with van der Waals surface area (Å²) in [6, 6.07) is 5.64. The molecule has 0 spiro atoms. The first-order valence-electron chi connectivity index (χ1n) is 12.8. The van der Waals surface area contributed by atoms with Crippen LogP contribution >= 0.6 is 0 Å². The van der Waals surface area contributed by atoms with Crippen LogP contribution in [0.5, 0.6) is 0 Å². The topological polar surface area (TPSA) is 137 Å². The molecular weight excluding hydrogens is 482 g/mol. The van der Waals surface area contributed by atoms with Crippen LogP contribution in [-0.4, -0.2) is 89.8 Å². The van der Waals surface area contributed by atoms with E-state index in [0.29, 0.717) is 18.3 Å². The molecule has 1 atom stereocenters. The first-order valence-corrected chi connectivity index (χ1v) is 12.8. The van der Waals surface area contributed by atoms with Gasteiger partial charge in [-0.2, -0.15) is 0 Å². The van der Waals surface area contributed by atoms with E-state index in [1.54, 1.807) is 19.5 Å². The molecular formula is C27H37N9O2. The van der Waals surface area contributed by atoms with E-state index in [0.717, 1.165) is 59.6 Å². The zero-order valence-corrected chi connectivity index (χ0v) is 22.7. The van der Waals surface area contributed by atoms with E-state index in [4.69, 9.17) is 15.5 Å². The lowest BCUT2D eigenvalue weighted by atomic mass is 10.1. The van der Waals surface area contributed by atoms with Crippen LogP contribution in [-0.2, 0) is 9.53 Å². The van der Waals surface area contributed by atoms with Crippen molar-refractivity contribution in [1.82, 2.24) is 24.8 Å². The summed E-state index contributed by atoms with van der Waals surface area (Å²) in [5.74, 6) is 0.553. The number of carbonyl (C=O) groups is 1. The van der Waals surface area contributed by atoms with Crippen molar-refractivity contribution >= 4 is 34.7 Å². The predicted octanol–water partition coefficient (Wildman–Crippen LogP) is 2.78. The lowest BCUT2D eigenvalue weighted by Gasteiger charge is -2.35. The van der Waals surface area contributed by atoms with Gasteiger partial charge in [-0.05, 0) is 39.4 Å². The number of nitrogens with zero attached hydrogens (tertiary/aromatic N) is 5. The van der Waals surface area contributed by atoms with Crippen molar-refractivity contribution in [2.45, 2.75) is 26.8 Å². The maximum absolute atomic E-state index is 13.1.